The van der Waals surface area contributed by atoms with Gasteiger partial charge in [0.15, 0.2) is 0 Å². The predicted molar refractivity (Wildman–Crippen MR) is 89.7 cm³/mol. The van der Waals surface area contributed by atoms with Crippen LogP contribution in [-0.2, 0) is 11.3 Å². The van der Waals surface area contributed by atoms with Crippen LogP contribution in [0.3, 0.4) is 0 Å². The standard InChI is InChI=1S/C20H26N2O/c23-19(20-13-16-10-17(20)12-18(20)11-16)22-8-6-21(7-9-22)14-15-4-2-1-3-5-15/h1-5,16-18H,6-14H2. The Morgan fingerprint density at radius 1 is 1.00 bits per heavy atom. The molecule has 3 nitrogen and oxygen atoms in total. The van der Waals surface area contributed by atoms with E-state index in [9.17, 15) is 4.79 Å². The van der Waals surface area contributed by atoms with Gasteiger partial charge in [0.1, 0.15) is 0 Å². The van der Waals surface area contributed by atoms with Crippen LogP contribution in [0.2, 0.25) is 0 Å². The van der Waals surface area contributed by atoms with E-state index >= 15 is 0 Å². The smallest absolute Gasteiger partial charge is 0.229 e. The Morgan fingerprint density at radius 3 is 2.30 bits per heavy atom. The molecule has 0 aromatic heterocycles. The van der Waals surface area contributed by atoms with Crippen molar-refractivity contribution in [2.75, 3.05) is 26.2 Å². The Morgan fingerprint density at radius 2 is 1.70 bits per heavy atom. The first kappa shape index (κ1) is 14.0. The number of carbonyl (C=O) groups is 1. The summed E-state index contributed by atoms with van der Waals surface area (Å²) in [5, 5.41) is 0. The van der Waals surface area contributed by atoms with Crippen molar-refractivity contribution in [3.63, 3.8) is 0 Å². The normalized spacial score (nSPS) is 38.6. The molecule has 0 radical (unpaired) electrons. The summed E-state index contributed by atoms with van der Waals surface area (Å²) in [5.74, 6) is 2.88. The van der Waals surface area contributed by atoms with E-state index in [1.54, 1.807) is 0 Å². The van der Waals surface area contributed by atoms with Crippen molar-refractivity contribution >= 4 is 5.91 Å². The zero-order chi connectivity index (χ0) is 15.4. The van der Waals surface area contributed by atoms with Crippen LogP contribution >= 0.6 is 0 Å². The highest BCUT2D eigenvalue weighted by molar-refractivity contribution is 5.85. The lowest BCUT2D eigenvalue weighted by Gasteiger charge is -2.53. The van der Waals surface area contributed by atoms with Crippen LogP contribution in [0, 0.1) is 23.2 Å². The quantitative estimate of drug-likeness (QED) is 0.857. The minimum Gasteiger partial charge on any atom is -0.340 e. The van der Waals surface area contributed by atoms with Crippen LogP contribution in [0.1, 0.15) is 31.2 Å². The molecule has 4 aliphatic rings. The summed E-state index contributed by atoms with van der Waals surface area (Å²) < 4.78 is 0. The lowest BCUT2D eigenvalue weighted by Crippen LogP contribution is -2.59. The van der Waals surface area contributed by atoms with Crippen LogP contribution in [0.4, 0.5) is 0 Å². The predicted octanol–water partition coefficient (Wildman–Crippen LogP) is 2.77. The first-order chi connectivity index (χ1) is 11.3. The lowest BCUT2D eigenvalue weighted by atomic mass is 9.53. The molecule has 1 aromatic rings. The molecule has 3 aliphatic carbocycles. The van der Waals surface area contributed by atoms with Gasteiger partial charge in [-0.3, -0.25) is 9.69 Å². The number of hydrogen-bond acceptors (Lipinski definition) is 2. The fourth-order valence-corrected chi connectivity index (χ4v) is 6.11. The van der Waals surface area contributed by atoms with Gasteiger partial charge in [-0.15, -0.1) is 0 Å². The summed E-state index contributed by atoms with van der Waals surface area (Å²) in [6.07, 6.45) is 5.24. The largest absolute Gasteiger partial charge is 0.340 e. The van der Waals surface area contributed by atoms with Gasteiger partial charge in [0, 0.05) is 32.7 Å². The number of hydrogen-bond donors (Lipinski definition) is 0. The van der Waals surface area contributed by atoms with Gasteiger partial charge in [0.05, 0.1) is 5.41 Å². The molecule has 1 aromatic carbocycles. The lowest BCUT2D eigenvalue weighted by molar-refractivity contribution is -0.161. The van der Waals surface area contributed by atoms with E-state index in [1.807, 2.05) is 0 Å². The number of nitrogens with zero attached hydrogens (tertiary/aromatic N) is 2. The topological polar surface area (TPSA) is 23.6 Å². The minimum atomic E-state index is 0.103. The van der Waals surface area contributed by atoms with Crippen LogP contribution < -0.4 is 0 Å². The van der Waals surface area contributed by atoms with Gasteiger partial charge in [-0.2, -0.15) is 0 Å². The highest BCUT2D eigenvalue weighted by Crippen LogP contribution is 2.72. The fourth-order valence-electron chi connectivity index (χ4n) is 6.11. The monoisotopic (exact) mass is 310 g/mol. The molecule has 1 amide bonds. The molecule has 5 rings (SSSR count). The maximum absolute atomic E-state index is 13.2. The maximum atomic E-state index is 13.2. The Hall–Kier alpha value is -1.35. The van der Waals surface area contributed by atoms with Crippen molar-refractivity contribution in [3.8, 4) is 0 Å². The van der Waals surface area contributed by atoms with Crippen LogP contribution in [0.15, 0.2) is 30.3 Å². The average Bonchev–Trinajstić information content (AvgIpc) is 3.04. The zero-order valence-electron chi connectivity index (χ0n) is 13.8. The molecule has 1 aliphatic heterocycles. The van der Waals surface area contributed by atoms with Crippen LogP contribution in [-0.4, -0.2) is 41.9 Å². The van der Waals surface area contributed by atoms with E-state index in [4.69, 9.17) is 0 Å². The van der Waals surface area contributed by atoms with Crippen molar-refractivity contribution in [3.05, 3.63) is 35.9 Å². The van der Waals surface area contributed by atoms with Crippen LogP contribution in [0.25, 0.3) is 0 Å². The first-order valence-electron chi connectivity index (χ1n) is 9.31. The van der Waals surface area contributed by atoms with Gasteiger partial charge in [-0.05, 0) is 49.0 Å². The molecule has 0 spiro atoms. The minimum absolute atomic E-state index is 0.103. The summed E-state index contributed by atoms with van der Waals surface area (Å²) >= 11 is 0. The zero-order valence-corrected chi connectivity index (χ0v) is 13.8. The molecule has 23 heavy (non-hydrogen) atoms. The van der Waals surface area contributed by atoms with Crippen molar-refractivity contribution < 1.29 is 4.79 Å². The molecule has 122 valence electrons. The molecule has 2 atom stereocenters. The summed E-state index contributed by atoms with van der Waals surface area (Å²) in [7, 11) is 0. The molecule has 2 unspecified atom stereocenters. The number of piperazine rings is 1. The fraction of sp³-hybridized carbons (Fsp3) is 0.650. The first-order valence-corrected chi connectivity index (χ1v) is 9.31. The molecular formula is C20H26N2O. The van der Waals surface area contributed by atoms with Gasteiger partial charge in [0.2, 0.25) is 5.91 Å². The SMILES string of the molecule is O=C(N1CCN(Cc2ccccc2)CC1)C12CC3CC1CC2C3. The molecule has 4 fully saturated rings. The Kier molecular flexibility index (Phi) is 3.09. The maximum Gasteiger partial charge on any atom is 0.229 e. The molecule has 1 heterocycles. The van der Waals surface area contributed by atoms with Gasteiger partial charge in [-0.25, -0.2) is 0 Å². The molecule has 3 heteroatoms. The number of fused-ring (bicyclic) bond motifs is 1. The third kappa shape index (κ3) is 2.02. The van der Waals surface area contributed by atoms with Gasteiger partial charge in [-0.1, -0.05) is 30.3 Å². The van der Waals surface area contributed by atoms with Crippen molar-refractivity contribution in [1.29, 1.82) is 0 Å². The van der Waals surface area contributed by atoms with Gasteiger partial charge >= 0.3 is 0 Å². The Balaban J connectivity index is 1.21. The van der Waals surface area contributed by atoms with E-state index < -0.39 is 0 Å². The van der Waals surface area contributed by atoms with Crippen molar-refractivity contribution in [2.45, 2.75) is 32.2 Å². The summed E-state index contributed by atoms with van der Waals surface area (Å²) in [5.41, 5.74) is 1.48. The summed E-state index contributed by atoms with van der Waals surface area (Å²) in [6.45, 7) is 4.92. The third-order valence-electron chi connectivity index (χ3n) is 7.19. The van der Waals surface area contributed by atoms with E-state index in [-0.39, 0.29) is 5.41 Å². The number of amides is 1. The van der Waals surface area contributed by atoms with Crippen molar-refractivity contribution in [2.24, 2.45) is 23.2 Å². The van der Waals surface area contributed by atoms with E-state index in [1.165, 1.54) is 31.2 Å². The Bertz CT molecular complexity index is 593. The Labute approximate surface area is 138 Å². The van der Waals surface area contributed by atoms with Crippen molar-refractivity contribution in [1.82, 2.24) is 9.80 Å². The van der Waals surface area contributed by atoms with E-state index in [0.29, 0.717) is 5.91 Å². The second kappa shape index (κ2) is 5.07. The second-order valence-corrected chi connectivity index (χ2v) is 8.27. The second-order valence-electron chi connectivity index (χ2n) is 8.27. The molecule has 0 N–H and O–H groups in total. The summed E-state index contributed by atoms with van der Waals surface area (Å²) in [4.78, 5) is 17.9. The van der Waals surface area contributed by atoms with E-state index in [0.717, 1.165) is 50.5 Å². The number of carbonyl (C=O) groups excluding carboxylic acids is 1. The average molecular weight is 310 g/mol. The molecule has 2 bridgehead atoms. The molecule has 3 saturated carbocycles. The summed E-state index contributed by atoms with van der Waals surface area (Å²) in [6, 6.07) is 10.7. The van der Waals surface area contributed by atoms with Gasteiger partial charge < -0.3 is 4.90 Å². The van der Waals surface area contributed by atoms with E-state index in [2.05, 4.69) is 40.1 Å². The third-order valence-corrected chi connectivity index (χ3v) is 7.19. The number of benzene rings is 1. The highest BCUT2D eigenvalue weighted by atomic mass is 16.2. The molecule has 1 saturated heterocycles. The van der Waals surface area contributed by atoms with Gasteiger partial charge in [0.25, 0.3) is 0 Å². The highest BCUT2D eigenvalue weighted by Gasteiger charge is 2.69. The molecular weight excluding hydrogens is 284 g/mol. The number of rotatable bonds is 3. The van der Waals surface area contributed by atoms with Crippen LogP contribution in [0.5, 0.6) is 0 Å².